The average Bonchev–Trinajstić information content (AvgIpc) is 3.09. The number of nitrogens with zero attached hydrogens (tertiary/aromatic N) is 2. The molecule has 1 saturated carbocycles. The van der Waals surface area contributed by atoms with Crippen LogP contribution < -0.4 is 4.74 Å². The van der Waals surface area contributed by atoms with Crippen LogP contribution in [0.3, 0.4) is 0 Å². The van der Waals surface area contributed by atoms with Gasteiger partial charge in [0.25, 0.3) is 17.7 Å². The predicted octanol–water partition coefficient (Wildman–Crippen LogP) is 2.99. The second-order valence-electron chi connectivity index (χ2n) is 6.75. The maximum atomic E-state index is 12.9. The van der Waals surface area contributed by atoms with E-state index < -0.39 is 5.91 Å². The number of carbonyl (C=O) groups is 3. The zero-order valence-corrected chi connectivity index (χ0v) is 16.3. The number of thiocarbonyl (C=S) groups is 1. The lowest BCUT2D eigenvalue weighted by Gasteiger charge is -2.24. The quantitative estimate of drug-likeness (QED) is 0.440. The number of imide groups is 1. The van der Waals surface area contributed by atoms with Gasteiger partial charge in [0.1, 0.15) is 5.75 Å². The Hall–Kier alpha value is -2.19. The Balaban J connectivity index is 1.60. The third-order valence-electron chi connectivity index (χ3n) is 5.20. The van der Waals surface area contributed by atoms with E-state index in [9.17, 15) is 14.4 Å². The average molecular weight is 402 g/mol. The van der Waals surface area contributed by atoms with Crippen LogP contribution in [0.1, 0.15) is 31.2 Å². The van der Waals surface area contributed by atoms with Gasteiger partial charge < -0.3 is 4.74 Å². The minimum Gasteiger partial charge on any atom is -0.497 e. The Morgan fingerprint density at radius 1 is 1.04 bits per heavy atom. The van der Waals surface area contributed by atoms with Crippen molar-refractivity contribution in [1.82, 2.24) is 10.0 Å². The highest BCUT2D eigenvalue weighted by molar-refractivity contribution is 8.26. The van der Waals surface area contributed by atoms with Gasteiger partial charge in [0.05, 0.1) is 23.9 Å². The first-order valence-electron chi connectivity index (χ1n) is 8.81. The molecule has 1 aromatic carbocycles. The molecule has 8 heteroatoms. The van der Waals surface area contributed by atoms with Crippen LogP contribution in [0.15, 0.2) is 29.2 Å². The Morgan fingerprint density at radius 2 is 1.63 bits per heavy atom. The van der Waals surface area contributed by atoms with E-state index in [0.29, 0.717) is 17.7 Å². The van der Waals surface area contributed by atoms with Gasteiger partial charge in [-0.3, -0.25) is 14.4 Å². The molecule has 3 aliphatic rings. The molecule has 0 N–H and O–H groups in total. The van der Waals surface area contributed by atoms with Crippen molar-refractivity contribution < 1.29 is 19.1 Å². The number of rotatable bonds is 3. The van der Waals surface area contributed by atoms with Gasteiger partial charge in [0, 0.05) is 0 Å². The van der Waals surface area contributed by atoms with Crippen LogP contribution in [0.2, 0.25) is 0 Å². The summed E-state index contributed by atoms with van der Waals surface area (Å²) in [7, 11) is 1.59. The van der Waals surface area contributed by atoms with Gasteiger partial charge in [-0.15, -0.1) is 0 Å². The van der Waals surface area contributed by atoms with Crippen molar-refractivity contribution in [3.8, 4) is 5.75 Å². The van der Waals surface area contributed by atoms with E-state index in [-0.39, 0.29) is 28.0 Å². The molecule has 2 aliphatic heterocycles. The molecule has 4 rings (SSSR count). The Morgan fingerprint density at radius 3 is 2.19 bits per heavy atom. The largest absolute Gasteiger partial charge is 0.497 e. The first kappa shape index (κ1) is 18.2. The van der Waals surface area contributed by atoms with Crippen molar-refractivity contribution in [2.45, 2.75) is 25.7 Å². The summed E-state index contributed by atoms with van der Waals surface area (Å²) in [6, 6.07) is 7.24. The second kappa shape index (κ2) is 7.09. The second-order valence-corrected chi connectivity index (χ2v) is 8.43. The molecule has 0 bridgehead atoms. The number of ether oxygens (including phenoxy) is 1. The minimum absolute atomic E-state index is 0.208. The molecule has 0 spiro atoms. The molecule has 0 aromatic heterocycles. The fourth-order valence-corrected chi connectivity index (χ4v) is 5.07. The molecule has 2 atom stereocenters. The third kappa shape index (κ3) is 3.06. The van der Waals surface area contributed by atoms with Crippen LogP contribution in [0.25, 0.3) is 6.08 Å². The Kier molecular flexibility index (Phi) is 4.77. The normalized spacial score (nSPS) is 26.9. The number of amides is 3. The van der Waals surface area contributed by atoms with Gasteiger partial charge in [-0.05, 0) is 48.8 Å². The molecule has 27 heavy (non-hydrogen) atoms. The number of benzene rings is 1. The summed E-state index contributed by atoms with van der Waals surface area (Å²) in [6.07, 6.45) is 4.97. The highest BCUT2D eigenvalue weighted by Gasteiger charge is 2.54. The molecule has 2 heterocycles. The van der Waals surface area contributed by atoms with Crippen molar-refractivity contribution in [2.75, 3.05) is 7.11 Å². The molecule has 0 unspecified atom stereocenters. The first-order valence-corrected chi connectivity index (χ1v) is 10.0. The third-order valence-corrected chi connectivity index (χ3v) is 6.49. The minimum atomic E-state index is -0.429. The van der Waals surface area contributed by atoms with E-state index in [4.69, 9.17) is 17.0 Å². The number of carbonyl (C=O) groups excluding carboxylic acids is 3. The number of hydrogen-bond acceptors (Lipinski definition) is 6. The van der Waals surface area contributed by atoms with Crippen LogP contribution in [-0.4, -0.2) is 39.2 Å². The van der Waals surface area contributed by atoms with E-state index in [2.05, 4.69) is 0 Å². The summed E-state index contributed by atoms with van der Waals surface area (Å²) < 4.78 is 5.34. The predicted molar refractivity (Wildman–Crippen MR) is 105 cm³/mol. The topological polar surface area (TPSA) is 66.9 Å². The summed E-state index contributed by atoms with van der Waals surface area (Å²) in [5.74, 6) is -0.946. The lowest BCUT2D eigenvalue weighted by molar-refractivity contribution is -0.158. The summed E-state index contributed by atoms with van der Waals surface area (Å²) in [5.41, 5.74) is 0.809. The van der Waals surface area contributed by atoms with Gasteiger partial charge in [0.15, 0.2) is 4.32 Å². The van der Waals surface area contributed by atoms with Crippen molar-refractivity contribution in [3.63, 3.8) is 0 Å². The molecule has 140 valence electrons. The highest BCUT2D eigenvalue weighted by Crippen LogP contribution is 2.42. The van der Waals surface area contributed by atoms with Gasteiger partial charge in [-0.2, -0.15) is 10.0 Å². The number of hydrogen-bond donors (Lipinski definition) is 0. The van der Waals surface area contributed by atoms with Crippen molar-refractivity contribution in [1.29, 1.82) is 0 Å². The lowest BCUT2D eigenvalue weighted by Crippen LogP contribution is -2.49. The summed E-state index contributed by atoms with van der Waals surface area (Å²) in [5, 5.41) is 2.07. The van der Waals surface area contributed by atoms with Crippen LogP contribution >= 0.6 is 24.0 Å². The number of methoxy groups -OCH3 is 1. The van der Waals surface area contributed by atoms with Gasteiger partial charge >= 0.3 is 0 Å². The molecular weight excluding hydrogens is 384 g/mol. The van der Waals surface area contributed by atoms with Gasteiger partial charge in [-0.1, -0.05) is 36.7 Å². The SMILES string of the molecule is COc1ccc(/C=C2\SC(=S)N(N3C(=O)[C@@H]4CCCC[C@H]4C3=O)C2=O)cc1. The van der Waals surface area contributed by atoms with E-state index in [0.717, 1.165) is 45.9 Å². The Bertz CT molecular complexity index is 841. The summed E-state index contributed by atoms with van der Waals surface area (Å²) in [6.45, 7) is 0. The number of hydrazine groups is 1. The molecule has 6 nitrogen and oxygen atoms in total. The first-order chi connectivity index (χ1) is 13.0. The van der Waals surface area contributed by atoms with Crippen LogP contribution in [0.4, 0.5) is 0 Å². The maximum Gasteiger partial charge on any atom is 0.285 e. The standard InChI is InChI=1S/C19H18N2O4S2/c1-25-12-8-6-11(7-9-12)10-15-18(24)21(19(26)27-15)20-16(22)13-4-2-3-5-14(13)17(20)23/h6-10,13-14H,2-5H2,1H3/b15-10-/t13-,14-/m1/s1. The van der Waals surface area contributed by atoms with Crippen LogP contribution in [0, 0.1) is 11.8 Å². The zero-order chi connectivity index (χ0) is 19.1. The molecule has 2 saturated heterocycles. The van der Waals surface area contributed by atoms with E-state index in [1.54, 1.807) is 25.3 Å². The molecular formula is C19H18N2O4S2. The van der Waals surface area contributed by atoms with Gasteiger partial charge in [0.2, 0.25) is 0 Å². The van der Waals surface area contributed by atoms with Crippen molar-refractivity contribution in [2.24, 2.45) is 11.8 Å². The van der Waals surface area contributed by atoms with E-state index >= 15 is 0 Å². The fourth-order valence-electron chi connectivity index (χ4n) is 3.83. The summed E-state index contributed by atoms with van der Waals surface area (Å²) >= 11 is 6.42. The smallest absolute Gasteiger partial charge is 0.285 e. The van der Waals surface area contributed by atoms with E-state index in [1.165, 1.54) is 0 Å². The van der Waals surface area contributed by atoms with Crippen LogP contribution in [0.5, 0.6) is 5.75 Å². The summed E-state index contributed by atoms with van der Waals surface area (Å²) in [4.78, 5) is 38.8. The zero-order valence-electron chi connectivity index (χ0n) is 14.7. The number of fused-ring (bicyclic) bond motifs is 1. The Labute approximate surface area is 166 Å². The number of thioether (sulfide) groups is 1. The van der Waals surface area contributed by atoms with Crippen molar-refractivity contribution >= 4 is 52.1 Å². The van der Waals surface area contributed by atoms with Crippen LogP contribution in [-0.2, 0) is 14.4 Å². The lowest BCUT2D eigenvalue weighted by atomic mass is 9.81. The monoisotopic (exact) mass is 402 g/mol. The molecule has 0 radical (unpaired) electrons. The molecule has 1 aromatic rings. The highest BCUT2D eigenvalue weighted by atomic mass is 32.2. The van der Waals surface area contributed by atoms with Gasteiger partial charge in [-0.25, -0.2) is 0 Å². The molecule has 3 amide bonds. The van der Waals surface area contributed by atoms with E-state index in [1.807, 2.05) is 12.1 Å². The fraction of sp³-hybridized carbons (Fsp3) is 0.368. The molecule has 1 aliphatic carbocycles. The maximum absolute atomic E-state index is 12.9. The van der Waals surface area contributed by atoms with Crippen molar-refractivity contribution in [3.05, 3.63) is 34.7 Å². The molecule has 3 fully saturated rings.